The second-order valence-corrected chi connectivity index (χ2v) is 3.26. The van der Waals surface area contributed by atoms with Crippen molar-refractivity contribution in [2.24, 2.45) is 0 Å². The Morgan fingerprint density at radius 2 is 1.92 bits per heavy atom. The maximum Gasteiger partial charge on any atom is 0.387 e. The van der Waals surface area contributed by atoms with E-state index in [1.807, 2.05) is 0 Å². The number of hydrogen-bond acceptors (Lipinski definition) is 1. The molecule has 0 aliphatic rings. The molecule has 1 nitrogen and oxygen atoms in total. The standard InChI is InChI=1S/C8H6Cl2F2O/c1-4-2-5(9)3-6(10)7(4)13-8(11)12/h2-3,8H,1H3. The van der Waals surface area contributed by atoms with Gasteiger partial charge >= 0.3 is 6.61 Å². The molecule has 0 aliphatic heterocycles. The molecule has 1 rings (SSSR count). The van der Waals surface area contributed by atoms with Crippen molar-refractivity contribution >= 4 is 23.2 Å². The Morgan fingerprint density at radius 3 is 2.38 bits per heavy atom. The van der Waals surface area contributed by atoms with Crippen molar-refractivity contribution < 1.29 is 13.5 Å². The second-order valence-electron chi connectivity index (χ2n) is 2.41. The third kappa shape index (κ3) is 2.71. The quantitative estimate of drug-likeness (QED) is 0.744. The van der Waals surface area contributed by atoms with Gasteiger partial charge in [-0.1, -0.05) is 23.2 Å². The van der Waals surface area contributed by atoms with E-state index in [0.29, 0.717) is 10.6 Å². The predicted molar refractivity (Wildman–Crippen MR) is 47.8 cm³/mol. The van der Waals surface area contributed by atoms with Crippen molar-refractivity contribution in [2.75, 3.05) is 0 Å². The SMILES string of the molecule is Cc1cc(Cl)cc(Cl)c1OC(F)F. The average Bonchev–Trinajstić information content (AvgIpc) is 1.96. The molecular formula is C8H6Cl2F2O. The number of ether oxygens (including phenoxy) is 1. The lowest BCUT2D eigenvalue weighted by atomic mass is 10.2. The summed E-state index contributed by atoms with van der Waals surface area (Å²) in [5.74, 6) is -0.0268. The summed E-state index contributed by atoms with van der Waals surface area (Å²) in [7, 11) is 0. The van der Waals surface area contributed by atoms with Crippen LogP contribution in [0.1, 0.15) is 5.56 Å². The van der Waals surface area contributed by atoms with Crippen LogP contribution >= 0.6 is 23.2 Å². The zero-order valence-corrected chi connectivity index (χ0v) is 8.16. The molecule has 0 aromatic heterocycles. The van der Waals surface area contributed by atoms with Crippen LogP contribution in [0.3, 0.4) is 0 Å². The summed E-state index contributed by atoms with van der Waals surface area (Å²) in [5, 5.41) is 0.481. The molecule has 0 aliphatic carbocycles. The van der Waals surface area contributed by atoms with E-state index in [4.69, 9.17) is 23.2 Å². The molecule has 0 spiro atoms. The lowest BCUT2D eigenvalue weighted by Crippen LogP contribution is -2.03. The molecule has 72 valence electrons. The lowest BCUT2D eigenvalue weighted by Gasteiger charge is -2.09. The molecule has 1 aromatic rings. The first-order chi connectivity index (χ1) is 6.00. The van der Waals surface area contributed by atoms with Crippen molar-refractivity contribution in [3.63, 3.8) is 0 Å². The molecule has 1 aromatic carbocycles. The normalized spacial score (nSPS) is 10.6. The lowest BCUT2D eigenvalue weighted by molar-refractivity contribution is -0.0502. The maximum absolute atomic E-state index is 11.9. The highest BCUT2D eigenvalue weighted by molar-refractivity contribution is 6.35. The third-order valence-electron chi connectivity index (χ3n) is 1.40. The van der Waals surface area contributed by atoms with Crippen molar-refractivity contribution in [3.05, 3.63) is 27.7 Å². The van der Waals surface area contributed by atoms with Crippen LogP contribution in [-0.2, 0) is 0 Å². The minimum absolute atomic E-state index is 0.0268. The summed E-state index contributed by atoms with van der Waals surface area (Å²) in [6.45, 7) is -1.28. The van der Waals surface area contributed by atoms with Crippen molar-refractivity contribution in [1.29, 1.82) is 0 Å². The van der Waals surface area contributed by atoms with Crippen molar-refractivity contribution in [2.45, 2.75) is 13.5 Å². The fourth-order valence-electron chi connectivity index (χ4n) is 0.927. The molecular weight excluding hydrogens is 221 g/mol. The number of rotatable bonds is 2. The van der Waals surface area contributed by atoms with E-state index >= 15 is 0 Å². The smallest absolute Gasteiger partial charge is 0.387 e. The topological polar surface area (TPSA) is 9.23 Å². The molecule has 0 N–H and O–H groups in total. The van der Waals surface area contributed by atoms with Crippen molar-refractivity contribution in [3.8, 4) is 5.75 Å². The number of hydrogen-bond donors (Lipinski definition) is 0. The van der Waals surface area contributed by atoms with Gasteiger partial charge in [0.2, 0.25) is 0 Å². The van der Waals surface area contributed by atoms with Crippen LogP contribution in [0.15, 0.2) is 12.1 Å². The van der Waals surface area contributed by atoms with Crippen LogP contribution in [0.25, 0.3) is 0 Å². The van der Waals surface area contributed by atoms with Gasteiger partial charge in [-0.3, -0.25) is 0 Å². The fourth-order valence-corrected chi connectivity index (χ4v) is 1.57. The Bertz CT molecular complexity index is 292. The number of halogens is 4. The van der Waals surface area contributed by atoms with E-state index in [2.05, 4.69) is 4.74 Å². The summed E-state index contributed by atoms with van der Waals surface area (Å²) >= 11 is 11.3. The fraction of sp³-hybridized carbons (Fsp3) is 0.250. The van der Waals surface area contributed by atoms with Gasteiger partial charge in [-0.25, -0.2) is 0 Å². The first-order valence-corrected chi connectivity index (χ1v) is 4.16. The van der Waals surface area contributed by atoms with E-state index in [1.54, 1.807) is 6.92 Å². The first-order valence-electron chi connectivity index (χ1n) is 3.41. The zero-order valence-electron chi connectivity index (χ0n) is 6.65. The number of benzene rings is 1. The predicted octanol–water partition coefficient (Wildman–Crippen LogP) is 3.90. The minimum atomic E-state index is -2.88. The van der Waals surface area contributed by atoms with Crippen molar-refractivity contribution in [1.82, 2.24) is 0 Å². The van der Waals surface area contributed by atoms with Gasteiger partial charge < -0.3 is 4.74 Å². The molecule has 0 saturated carbocycles. The molecule has 13 heavy (non-hydrogen) atoms. The number of alkyl halides is 2. The van der Waals surface area contributed by atoms with Gasteiger partial charge in [0, 0.05) is 5.02 Å². The monoisotopic (exact) mass is 226 g/mol. The minimum Gasteiger partial charge on any atom is -0.433 e. The summed E-state index contributed by atoms with van der Waals surface area (Å²) in [6.07, 6.45) is 0. The molecule has 0 atom stereocenters. The number of aryl methyl sites for hydroxylation is 1. The highest BCUT2D eigenvalue weighted by Crippen LogP contribution is 2.32. The van der Waals surface area contributed by atoms with E-state index in [1.165, 1.54) is 12.1 Å². The van der Waals surface area contributed by atoms with E-state index < -0.39 is 6.61 Å². The van der Waals surface area contributed by atoms with Gasteiger partial charge in [-0.05, 0) is 24.6 Å². The van der Waals surface area contributed by atoms with Crippen LogP contribution in [0.2, 0.25) is 10.0 Å². The van der Waals surface area contributed by atoms with E-state index in [0.717, 1.165) is 0 Å². The Balaban J connectivity index is 3.06. The van der Waals surface area contributed by atoms with E-state index in [-0.39, 0.29) is 10.8 Å². The average molecular weight is 227 g/mol. The Kier molecular flexibility index (Phi) is 3.33. The van der Waals surface area contributed by atoms with Gasteiger partial charge in [0.25, 0.3) is 0 Å². The van der Waals surface area contributed by atoms with E-state index in [9.17, 15) is 8.78 Å². The van der Waals surface area contributed by atoms with Gasteiger partial charge in [0.1, 0.15) is 5.75 Å². The molecule has 0 bridgehead atoms. The Morgan fingerprint density at radius 1 is 1.31 bits per heavy atom. The third-order valence-corrected chi connectivity index (χ3v) is 1.90. The second kappa shape index (κ2) is 4.11. The summed E-state index contributed by atoms with van der Waals surface area (Å²) in [5.41, 5.74) is 0.484. The van der Waals surface area contributed by atoms with Crippen LogP contribution in [-0.4, -0.2) is 6.61 Å². The van der Waals surface area contributed by atoms with Gasteiger partial charge in [-0.15, -0.1) is 0 Å². The van der Waals surface area contributed by atoms with Gasteiger partial charge in [-0.2, -0.15) is 8.78 Å². The van der Waals surface area contributed by atoms with Gasteiger partial charge in [0.15, 0.2) is 0 Å². The highest BCUT2D eigenvalue weighted by atomic mass is 35.5. The summed E-state index contributed by atoms with van der Waals surface area (Å²) < 4.78 is 27.9. The Hall–Kier alpha value is -0.540. The molecule has 0 unspecified atom stereocenters. The largest absolute Gasteiger partial charge is 0.433 e. The highest BCUT2D eigenvalue weighted by Gasteiger charge is 2.11. The zero-order chi connectivity index (χ0) is 10.0. The molecule has 0 heterocycles. The van der Waals surface area contributed by atoms with Crippen LogP contribution in [0, 0.1) is 6.92 Å². The molecule has 0 saturated heterocycles. The first kappa shape index (κ1) is 10.5. The molecule has 0 radical (unpaired) electrons. The maximum atomic E-state index is 11.9. The molecule has 0 fully saturated rings. The van der Waals surface area contributed by atoms with Crippen LogP contribution in [0.5, 0.6) is 5.75 Å². The molecule has 5 heteroatoms. The molecule has 0 amide bonds. The Labute approximate surface area is 84.2 Å². The summed E-state index contributed by atoms with van der Waals surface area (Å²) in [4.78, 5) is 0. The van der Waals surface area contributed by atoms with Crippen LogP contribution in [0.4, 0.5) is 8.78 Å². The summed E-state index contributed by atoms with van der Waals surface area (Å²) in [6, 6.07) is 2.86. The van der Waals surface area contributed by atoms with Crippen LogP contribution < -0.4 is 4.74 Å². The van der Waals surface area contributed by atoms with Gasteiger partial charge in [0.05, 0.1) is 5.02 Å².